The molecular weight excluding hydrogens is 510 g/mol. The van der Waals surface area contributed by atoms with Gasteiger partial charge in [-0.15, -0.1) is 5.10 Å². The summed E-state index contributed by atoms with van der Waals surface area (Å²) in [6.07, 6.45) is 5.41. The lowest BCUT2D eigenvalue weighted by Gasteiger charge is -2.29. The van der Waals surface area contributed by atoms with Crippen molar-refractivity contribution in [3.05, 3.63) is 64.6 Å². The largest absolute Gasteiger partial charge is 0.473 e. The number of aromatic nitrogens is 5. The molecule has 40 heavy (non-hydrogen) atoms. The first kappa shape index (κ1) is 26.0. The van der Waals surface area contributed by atoms with Gasteiger partial charge in [0.05, 0.1) is 24.8 Å². The summed E-state index contributed by atoms with van der Waals surface area (Å²) < 4.78 is 14.9. The number of hydrogen-bond donors (Lipinski definition) is 1. The van der Waals surface area contributed by atoms with Crippen LogP contribution in [-0.2, 0) is 11.8 Å². The van der Waals surface area contributed by atoms with Crippen LogP contribution in [0.3, 0.4) is 0 Å². The molecule has 0 spiro atoms. The molecule has 2 aliphatic rings. The molecule has 1 aromatic carbocycles. The lowest BCUT2D eigenvalue weighted by atomic mass is 9.93. The standard InChI is InChI=1S/C29H33N7O4.H2/c1-30-25-17-24-23(18-31-25)28(19-3-5-20(6-4-19)29(38)35-13-15-39-16-14-35)33-36(24)21-7-9-22(10-8-21)40-26-11-12-27(37)34(2)32-26;/h3-6,11-12,17-18,21-22H,7-10,13-16H2,1-2H3,(H,30,31);1H. The number of rotatable bonds is 6. The molecule has 2 fully saturated rings. The average Bonchev–Trinajstić information content (AvgIpc) is 3.38. The zero-order valence-corrected chi connectivity index (χ0v) is 22.7. The quantitative estimate of drug-likeness (QED) is 0.391. The first-order chi connectivity index (χ1) is 19.5. The van der Waals surface area contributed by atoms with Gasteiger partial charge in [-0.1, -0.05) is 12.1 Å². The number of carbonyl (C=O) groups is 1. The van der Waals surface area contributed by atoms with Crippen LogP contribution in [0.2, 0.25) is 0 Å². The van der Waals surface area contributed by atoms with Gasteiger partial charge < -0.3 is 19.7 Å². The number of aryl methyl sites for hydroxylation is 1. The fraction of sp³-hybridized carbons (Fsp3) is 0.414. The van der Waals surface area contributed by atoms with Crippen LogP contribution in [0.4, 0.5) is 5.82 Å². The van der Waals surface area contributed by atoms with E-state index in [0.29, 0.717) is 37.7 Å². The smallest absolute Gasteiger partial charge is 0.266 e. The van der Waals surface area contributed by atoms with Crippen molar-refractivity contribution >= 4 is 22.6 Å². The highest BCUT2D eigenvalue weighted by Crippen LogP contribution is 2.36. The number of ether oxygens (including phenoxy) is 2. The lowest BCUT2D eigenvalue weighted by molar-refractivity contribution is 0.0303. The Balaban J connectivity index is 0.00000337. The Labute approximate surface area is 233 Å². The van der Waals surface area contributed by atoms with Gasteiger partial charge in [0, 0.05) is 69.5 Å². The zero-order valence-electron chi connectivity index (χ0n) is 22.7. The molecule has 4 heterocycles. The highest BCUT2D eigenvalue weighted by molar-refractivity contribution is 5.97. The Morgan fingerprint density at radius 2 is 1.80 bits per heavy atom. The molecule has 0 radical (unpaired) electrons. The maximum absolute atomic E-state index is 12.9. The van der Waals surface area contributed by atoms with Gasteiger partial charge in [-0.3, -0.25) is 14.3 Å². The predicted molar refractivity (Wildman–Crippen MR) is 153 cm³/mol. The molecule has 0 bridgehead atoms. The molecule has 0 atom stereocenters. The maximum Gasteiger partial charge on any atom is 0.266 e. The highest BCUT2D eigenvalue weighted by atomic mass is 16.5. The number of benzene rings is 1. The number of amides is 1. The summed E-state index contributed by atoms with van der Waals surface area (Å²) in [7, 11) is 3.48. The second-order valence-electron chi connectivity index (χ2n) is 10.3. The van der Waals surface area contributed by atoms with Crippen LogP contribution in [0.15, 0.2) is 53.5 Å². The van der Waals surface area contributed by atoms with E-state index in [1.165, 1.54) is 10.7 Å². The van der Waals surface area contributed by atoms with Crippen LogP contribution in [-0.4, -0.2) is 74.8 Å². The molecule has 4 aromatic rings. The molecule has 11 nitrogen and oxygen atoms in total. The Bertz CT molecular complexity index is 1570. The van der Waals surface area contributed by atoms with Crippen molar-refractivity contribution in [3.8, 4) is 17.1 Å². The number of fused-ring (bicyclic) bond motifs is 1. The molecular formula is C29H35N7O4. The van der Waals surface area contributed by atoms with E-state index >= 15 is 0 Å². The van der Waals surface area contributed by atoms with Crippen LogP contribution < -0.4 is 15.6 Å². The predicted octanol–water partition coefficient (Wildman–Crippen LogP) is 3.51. The fourth-order valence-corrected chi connectivity index (χ4v) is 5.50. The first-order valence-electron chi connectivity index (χ1n) is 13.7. The third kappa shape index (κ3) is 5.16. The second-order valence-corrected chi connectivity index (χ2v) is 10.3. The topological polar surface area (TPSA) is 116 Å². The van der Waals surface area contributed by atoms with E-state index in [1.807, 2.05) is 48.5 Å². The van der Waals surface area contributed by atoms with E-state index in [9.17, 15) is 9.59 Å². The van der Waals surface area contributed by atoms with E-state index in [0.717, 1.165) is 53.7 Å². The zero-order chi connectivity index (χ0) is 27.6. The van der Waals surface area contributed by atoms with E-state index in [2.05, 4.69) is 20.1 Å². The van der Waals surface area contributed by atoms with E-state index < -0.39 is 0 Å². The summed E-state index contributed by atoms with van der Waals surface area (Å²) in [5, 5.41) is 13.4. The van der Waals surface area contributed by atoms with Gasteiger partial charge in [0.1, 0.15) is 17.6 Å². The van der Waals surface area contributed by atoms with Crippen LogP contribution in [0.1, 0.15) is 43.5 Å². The second kappa shape index (κ2) is 11.1. The number of nitrogens with zero attached hydrogens (tertiary/aromatic N) is 6. The molecule has 1 saturated carbocycles. The van der Waals surface area contributed by atoms with Gasteiger partial charge in [-0.05, 0) is 37.8 Å². The average molecular weight is 546 g/mol. The molecule has 3 aromatic heterocycles. The third-order valence-corrected chi connectivity index (χ3v) is 7.76. The summed E-state index contributed by atoms with van der Waals surface area (Å²) >= 11 is 0. The van der Waals surface area contributed by atoms with Crippen molar-refractivity contribution in [2.24, 2.45) is 7.05 Å². The van der Waals surface area contributed by atoms with Crippen molar-refractivity contribution in [3.63, 3.8) is 0 Å². The summed E-state index contributed by atoms with van der Waals surface area (Å²) in [4.78, 5) is 31.0. The number of pyridine rings is 1. The number of nitrogens with one attached hydrogen (secondary N) is 1. The minimum atomic E-state index is -0.161. The van der Waals surface area contributed by atoms with Crippen molar-refractivity contribution in [1.82, 2.24) is 29.4 Å². The van der Waals surface area contributed by atoms with E-state index in [4.69, 9.17) is 14.6 Å². The Morgan fingerprint density at radius 1 is 1.05 bits per heavy atom. The number of anilines is 1. The maximum atomic E-state index is 12.9. The number of morpholine rings is 1. The van der Waals surface area contributed by atoms with Crippen LogP contribution in [0.25, 0.3) is 22.2 Å². The molecule has 1 saturated heterocycles. The Kier molecular flexibility index (Phi) is 7.21. The SMILES string of the molecule is CNc1cc2c(cn1)c(-c1ccc(C(=O)N3CCOCC3)cc1)nn2C1CCC(Oc2ccc(=O)n(C)n2)CC1.[HH]. The van der Waals surface area contributed by atoms with Gasteiger partial charge in [-0.2, -0.15) is 5.10 Å². The summed E-state index contributed by atoms with van der Waals surface area (Å²) in [5.41, 5.74) is 3.32. The van der Waals surface area contributed by atoms with Crippen LogP contribution >= 0.6 is 0 Å². The van der Waals surface area contributed by atoms with E-state index in [-0.39, 0.29) is 25.0 Å². The summed E-state index contributed by atoms with van der Waals surface area (Å²) in [6.45, 7) is 2.38. The molecule has 11 heteroatoms. The third-order valence-electron chi connectivity index (χ3n) is 7.76. The molecule has 6 rings (SSSR count). The fourth-order valence-electron chi connectivity index (χ4n) is 5.50. The number of hydrogen-bond acceptors (Lipinski definition) is 8. The van der Waals surface area contributed by atoms with Crippen LogP contribution in [0, 0.1) is 0 Å². The Hall–Kier alpha value is -4.25. The summed E-state index contributed by atoms with van der Waals surface area (Å²) in [6, 6.07) is 13.1. The van der Waals surface area contributed by atoms with Gasteiger partial charge in [0.15, 0.2) is 0 Å². The van der Waals surface area contributed by atoms with Crippen molar-refractivity contribution in [2.45, 2.75) is 37.8 Å². The van der Waals surface area contributed by atoms with Crippen molar-refractivity contribution in [2.75, 3.05) is 38.7 Å². The highest BCUT2D eigenvalue weighted by Gasteiger charge is 2.27. The van der Waals surface area contributed by atoms with Gasteiger partial charge in [0.25, 0.3) is 11.5 Å². The van der Waals surface area contributed by atoms with Crippen LogP contribution in [0.5, 0.6) is 5.88 Å². The molecule has 1 N–H and O–H groups in total. The van der Waals surface area contributed by atoms with E-state index in [1.54, 1.807) is 13.1 Å². The molecule has 1 amide bonds. The minimum absolute atomic E-state index is 0. The normalized spacial score (nSPS) is 19.5. The van der Waals surface area contributed by atoms with Gasteiger partial charge in [0.2, 0.25) is 5.88 Å². The molecule has 0 unspecified atom stereocenters. The number of carbonyl (C=O) groups excluding carboxylic acids is 1. The van der Waals surface area contributed by atoms with Crippen molar-refractivity contribution < 1.29 is 15.7 Å². The molecule has 1 aliphatic carbocycles. The van der Waals surface area contributed by atoms with Crippen molar-refractivity contribution in [1.29, 1.82) is 0 Å². The Morgan fingerprint density at radius 3 is 2.50 bits per heavy atom. The first-order valence-corrected chi connectivity index (χ1v) is 13.7. The lowest BCUT2D eigenvalue weighted by Crippen LogP contribution is -2.40. The minimum Gasteiger partial charge on any atom is -0.473 e. The molecule has 1 aliphatic heterocycles. The molecule has 210 valence electrons. The monoisotopic (exact) mass is 545 g/mol. The summed E-state index contributed by atoms with van der Waals surface area (Å²) in [5.74, 6) is 1.28. The van der Waals surface area contributed by atoms with Gasteiger partial charge in [-0.25, -0.2) is 9.67 Å². The van der Waals surface area contributed by atoms with Gasteiger partial charge >= 0.3 is 0 Å².